The zero-order valence-electron chi connectivity index (χ0n) is 16.9. The third kappa shape index (κ3) is 4.85. The zero-order chi connectivity index (χ0) is 20.1. The van der Waals surface area contributed by atoms with E-state index in [-0.39, 0.29) is 5.82 Å². The number of likely N-dealkylation sites (tertiary alicyclic amines) is 1. The quantitative estimate of drug-likeness (QED) is 0.631. The first-order valence-corrected chi connectivity index (χ1v) is 10.3. The Morgan fingerprint density at radius 1 is 1.07 bits per heavy atom. The molecule has 4 nitrogen and oxygen atoms in total. The van der Waals surface area contributed by atoms with E-state index in [1.54, 1.807) is 19.2 Å². The molecule has 0 unspecified atom stereocenters. The lowest BCUT2D eigenvalue weighted by molar-refractivity contribution is 0.200. The number of nitrogens with one attached hydrogen (secondary N) is 1. The average Bonchev–Trinajstić information content (AvgIpc) is 3.24. The smallest absolute Gasteiger partial charge is 0.127 e. The van der Waals surface area contributed by atoms with E-state index in [2.05, 4.69) is 45.4 Å². The van der Waals surface area contributed by atoms with E-state index in [0.29, 0.717) is 23.8 Å². The summed E-state index contributed by atoms with van der Waals surface area (Å²) in [6.07, 6.45) is 6.14. The van der Waals surface area contributed by atoms with E-state index in [1.165, 1.54) is 22.9 Å². The van der Waals surface area contributed by atoms with Gasteiger partial charge in [-0.3, -0.25) is 10.00 Å². The normalized spacial score (nSPS) is 15.5. The summed E-state index contributed by atoms with van der Waals surface area (Å²) in [6.45, 7) is 2.54. The van der Waals surface area contributed by atoms with Crippen molar-refractivity contribution in [3.63, 3.8) is 0 Å². The van der Waals surface area contributed by atoms with Crippen LogP contribution in [0.5, 0.6) is 5.75 Å². The van der Waals surface area contributed by atoms with Crippen molar-refractivity contribution in [3.8, 4) is 5.75 Å². The Balaban J connectivity index is 1.34. The number of halogens is 1. The minimum atomic E-state index is -0.162. The topological polar surface area (TPSA) is 41.1 Å². The number of piperidine rings is 1. The molecule has 4 rings (SSSR count). The standard InChI is InChI=1S/C24H28FN3O/c1-29-22-9-10-23(25)21(15-22)17-28-13-11-19(12-14-28)24-20(16-26-27-24)8-7-18-5-3-2-4-6-18/h2-6,9-10,15-16,19H,7-8,11-14,17H2,1H3,(H,26,27). The fourth-order valence-corrected chi connectivity index (χ4v) is 4.22. The monoisotopic (exact) mass is 393 g/mol. The summed E-state index contributed by atoms with van der Waals surface area (Å²) in [6, 6.07) is 15.5. The molecule has 2 aromatic carbocycles. The Bertz CT molecular complexity index is 917. The van der Waals surface area contributed by atoms with Crippen molar-refractivity contribution in [2.45, 2.75) is 38.1 Å². The molecule has 29 heavy (non-hydrogen) atoms. The summed E-state index contributed by atoms with van der Waals surface area (Å²) in [5.74, 6) is 1.04. The van der Waals surface area contributed by atoms with E-state index in [0.717, 1.165) is 38.8 Å². The maximum atomic E-state index is 14.1. The predicted molar refractivity (Wildman–Crippen MR) is 113 cm³/mol. The number of aryl methyl sites for hydroxylation is 2. The molecule has 1 aromatic heterocycles. The summed E-state index contributed by atoms with van der Waals surface area (Å²) < 4.78 is 19.4. The summed E-state index contributed by atoms with van der Waals surface area (Å²) in [5, 5.41) is 7.58. The van der Waals surface area contributed by atoms with Gasteiger partial charge in [0, 0.05) is 23.7 Å². The van der Waals surface area contributed by atoms with Gasteiger partial charge in [0.15, 0.2) is 0 Å². The minimum Gasteiger partial charge on any atom is -0.497 e. The van der Waals surface area contributed by atoms with Crippen molar-refractivity contribution in [1.82, 2.24) is 15.1 Å². The van der Waals surface area contributed by atoms with Crippen molar-refractivity contribution >= 4 is 0 Å². The SMILES string of the molecule is COc1ccc(F)c(CN2CCC(c3[nH]ncc3CCc3ccccc3)CC2)c1. The van der Waals surface area contributed by atoms with Gasteiger partial charge in [-0.2, -0.15) is 5.10 Å². The third-order valence-electron chi connectivity index (χ3n) is 5.92. The molecule has 0 bridgehead atoms. The second kappa shape index (κ2) is 9.23. The number of rotatable bonds is 7. The lowest BCUT2D eigenvalue weighted by Gasteiger charge is -2.32. The zero-order valence-corrected chi connectivity index (χ0v) is 16.9. The lowest BCUT2D eigenvalue weighted by atomic mass is 9.89. The van der Waals surface area contributed by atoms with Crippen LogP contribution in [0.25, 0.3) is 0 Å². The molecule has 1 aliphatic heterocycles. The van der Waals surface area contributed by atoms with E-state index < -0.39 is 0 Å². The van der Waals surface area contributed by atoms with Crippen molar-refractivity contribution in [1.29, 1.82) is 0 Å². The Labute approximate surface area is 171 Å². The van der Waals surface area contributed by atoms with E-state index in [9.17, 15) is 4.39 Å². The van der Waals surface area contributed by atoms with Gasteiger partial charge in [-0.25, -0.2) is 4.39 Å². The first kappa shape index (κ1) is 19.6. The number of hydrogen-bond donors (Lipinski definition) is 1. The van der Waals surface area contributed by atoms with Gasteiger partial charge in [0.1, 0.15) is 11.6 Å². The Kier molecular flexibility index (Phi) is 6.25. The highest BCUT2D eigenvalue weighted by molar-refractivity contribution is 5.30. The highest BCUT2D eigenvalue weighted by Crippen LogP contribution is 2.30. The molecule has 0 saturated carbocycles. The van der Waals surface area contributed by atoms with Crippen LogP contribution in [0.2, 0.25) is 0 Å². The molecule has 3 aromatic rings. The second-order valence-corrected chi connectivity index (χ2v) is 7.80. The van der Waals surface area contributed by atoms with Crippen LogP contribution in [0.15, 0.2) is 54.7 Å². The molecule has 0 radical (unpaired) electrons. The highest BCUT2D eigenvalue weighted by Gasteiger charge is 2.24. The van der Waals surface area contributed by atoms with Gasteiger partial charge >= 0.3 is 0 Å². The van der Waals surface area contributed by atoms with Gasteiger partial charge in [0.05, 0.1) is 13.3 Å². The van der Waals surface area contributed by atoms with E-state index in [4.69, 9.17) is 4.74 Å². The third-order valence-corrected chi connectivity index (χ3v) is 5.92. The molecule has 5 heteroatoms. The first-order valence-electron chi connectivity index (χ1n) is 10.3. The van der Waals surface area contributed by atoms with Crippen LogP contribution < -0.4 is 4.74 Å². The first-order chi connectivity index (χ1) is 14.2. The van der Waals surface area contributed by atoms with Gasteiger partial charge < -0.3 is 4.74 Å². The molecule has 0 aliphatic carbocycles. The summed E-state index contributed by atoms with van der Waals surface area (Å²) in [7, 11) is 1.61. The summed E-state index contributed by atoms with van der Waals surface area (Å²) in [4.78, 5) is 2.33. The van der Waals surface area contributed by atoms with Gasteiger partial charge in [0.2, 0.25) is 0 Å². The van der Waals surface area contributed by atoms with Crippen LogP contribution in [0, 0.1) is 5.82 Å². The Morgan fingerprint density at radius 3 is 2.62 bits per heavy atom. The highest BCUT2D eigenvalue weighted by atomic mass is 19.1. The van der Waals surface area contributed by atoms with Crippen LogP contribution >= 0.6 is 0 Å². The van der Waals surface area contributed by atoms with Crippen LogP contribution in [0.3, 0.4) is 0 Å². The van der Waals surface area contributed by atoms with Crippen LogP contribution in [0.4, 0.5) is 4.39 Å². The lowest BCUT2D eigenvalue weighted by Crippen LogP contribution is -2.33. The maximum absolute atomic E-state index is 14.1. The number of H-pyrrole nitrogens is 1. The number of ether oxygens (including phenoxy) is 1. The maximum Gasteiger partial charge on any atom is 0.127 e. The molecule has 152 valence electrons. The van der Waals surface area contributed by atoms with Gasteiger partial charge in [-0.15, -0.1) is 0 Å². The minimum absolute atomic E-state index is 0.162. The number of methoxy groups -OCH3 is 1. The van der Waals surface area contributed by atoms with E-state index >= 15 is 0 Å². The van der Waals surface area contributed by atoms with Crippen LogP contribution in [0.1, 0.15) is 41.1 Å². The summed E-state index contributed by atoms with van der Waals surface area (Å²) >= 11 is 0. The van der Waals surface area contributed by atoms with Crippen molar-refractivity contribution in [2.75, 3.05) is 20.2 Å². The van der Waals surface area contributed by atoms with Gasteiger partial charge in [-0.1, -0.05) is 30.3 Å². The summed E-state index contributed by atoms with van der Waals surface area (Å²) in [5.41, 5.74) is 4.67. The molecule has 0 amide bonds. The van der Waals surface area contributed by atoms with Crippen molar-refractivity contribution in [3.05, 3.63) is 82.9 Å². The molecule has 1 aliphatic rings. The average molecular weight is 394 g/mol. The Morgan fingerprint density at radius 2 is 1.86 bits per heavy atom. The molecule has 1 fully saturated rings. The van der Waals surface area contributed by atoms with Gasteiger partial charge in [-0.05, 0) is 68.1 Å². The fourth-order valence-electron chi connectivity index (χ4n) is 4.22. The number of benzene rings is 2. The van der Waals surface area contributed by atoms with E-state index in [1.807, 2.05) is 6.20 Å². The van der Waals surface area contributed by atoms with Gasteiger partial charge in [0.25, 0.3) is 0 Å². The largest absolute Gasteiger partial charge is 0.497 e. The molecule has 0 atom stereocenters. The van der Waals surface area contributed by atoms with Crippen molar-refractivity contribution in [2.24, 2.45) is 0 Å². The molecule has 1 saturated heterocycles. The molecular weight excluding hydrogens is 365 g/mol. The number of aromatic nitrogens is 2. The van der Waals surface area contributed by atoms with Crippen molar-refractivity contribution < 1.29 is 9.13 Å². The van der Waals surface area contributed by atoms with Crippen LogP contribution in [-0.4, -0.2) is 35.3 Å². The fraction of sp³-hybridized carbons (Fsp3) is 0.375. The molecule has 2 heterocycles. The predicted octanol–water partition coefficient (Wildman–Crippen LogP) is 4.72. The molecular formula is C24H28FN3O. The number of aromatic amines is 1. The molecule has 1 N–H and O–H groups in total. The Hall–Kier alpha value is -2.66. The van der Waals surface area contributed by atoms with Crippen LogP contribution in [-0.2, 0) is 19.4 Å². The number of nitrogens with zero attached hydrogens (tertiary/aromatic N) is 2. The molecule has 0 spiro atoms. The second-order valence-electron chi connectivity index (χ2n) is 7.80. The number of hydrogen-bond acceptors (Lipinski definition) is 3.